The third-order valence-corrected chi connectivity index (χ3v) is 13.1. The Morgan fingerprint density at radius 2 is 0.661 bits per heavy atom. The molecular formula is C56H109NO5. The molecule has 0 aromatic rings. The van der Waals surface area contributed by atoms with E-state index in [0.29, 0.717) is 12.8 Å². The minimum Gasteiger partial charge on any atom is -0.394 e. The Bertz CT molecular complexity index is 939. The molecular weight excluding hydrogens is 767 g/mol. The lowest BCUT2D eigenvalue weighted by molar-refractivity contribution is -0.132. The SMILES string of the molecule is CCCCCCCCCCCC/C=C\CCCCCCCCC(O)C(=O)NC(CO)C(O)C(O)CCC/C=C/CCCCCCCCCCCCCCCCCCCCCCC. The van der Waals surface area contributed by atoms with E-state index in [1.54, 1.807) is 0 Å². The number of allylic oxidation sites excluding steroid dienone is 4. The molecule has 1 amide bonds. The molecule has 0 aromatic heterocycles. The summed E-state index contributed by atoms with van der Waals surface area (Å²) >= 11 is 0. The zero-order valence-electron chi connectivity index (χ0n) is 41.6. The minimum absolute atomic E-state index is 0.357. The Balaban J connectivity index is 3.66. The predicted octanol–water partition coefficient (Wildman–Crippen LogP) is 15.9. The minimum atomic E-state index is -1.28. The average Bonchev–Trinajstić information content (AvgIpc) is 3.28. The van der Waals surface area contributed by atoms with Crippen molar-refractivity contribution in [3.05, 3.63) is 24.3 Å². The van der Waals surface area contributed by atoms with Crippen LogP contribution in [0.15, 0.2) is 24.3 Å². The molecule has 0 saturated carbocycles. The number of aliphatic hydroxyl groups excluding tert-OH is 4. The number of unbranched alkanes of at least 4 members (excludes halogenated alkanes) is 38. The first kappa shape index (κ1) is 60.8. The van der Waals surface area contributed by atoms with Crippen LogP contribution < -0.4 is 5.32 Å². The summed E-state index contributed by atoms with van der Waals surface area (Å²) in [5, 5.41) is 43.9. The van der Waals surface area contributed by atoms with E-state index in [1.165, 1.54) is 225 Å². The standard InChI is InChI=1S/C56H109NO5/c1-3-5-7-9-11-13-15-17-19-21-23-25-26-27-28-29-30-32-33-35-37-39-41-43-45-47-49-53(59)55(61)52(51-58)57-56(62)54(60)50-48-46-44-42-40-38-36-34-31-24-22-20-18-16-14-12-10-8-6-4-2/h31,34,41,43,52-55,58-61H,3-30,32-33,35-40,42,44-51H2,1-2H3,(H,57,62)/b34-31-,43-41+. The van der Waals surface area contributed by atoms with E-state index in [1.807, 2.05) is 0 Å². The lowest BCUT2D eigenvalue weighted by atomic mass is 10.00. The molecule has 4 atom stereocenters. The fourth-order valence-corrected chi connectivity index (χ4v) is 8.75. The number of rotatable bonds is 51. The normalized spacial score (nSPS) is 14.0. The Morgan fingerprint density at radius 1 is 0.387 bits per heavy atom. The Hall–Kier alpha value is -1.21. The molecule has 0 saturated heterocycles. The van der Waals surface area contributed by atoms with Gasteiger partial charge in [-0.2, -0.15) is 0 Å². The molecule has 0 aromatic carbocycles. The van der Waals surface area contributed by atoms with E-state index in [-0.39, 0.29) is 0 Å². The first-order valence-corrected chi connectivity index (χ1v) is 27.7. The summed E-state index contributed by atoms with van der Waals surface area (Å²) in [5.41, 5.74) is 0. The van der Waals surface area contributed by atoms with Crippen LogP contribution in [0.1, 0.15) is 296 Å². The van der Waals surface area contributed by atoms with Crippen molar-refractivity contribution < 1.29 is 25.2 Å². The highest BCUT2D eigenvalue weighted by Gasteiger charge is 2.28. The molecule has 6 nitrogen and oxygen atoms in total. The molecule has 0 heterocycles. The van der Waals surface area contributed by atoms with Gasteiger partial charge in [-0.3, -0.25) is 4.79 Å². The summed E-state index contributed by atoms with van der Waals surface area (Å²) in [4.78, 5) is 12.6. The van der Waals surface area contributed by atoms with Crippen molar-refractivity contribution >= 4 is 5.91 Å². The van der Waals surface area contributed by atoms with Gasteiger partial charge in [-0.1, -0.05) is 256 Å². The van der Waals surface area contributed by atoms with E-state index in [9.17, 15) is 25.2 Å². The topological polar surface area (TPSA) is 110 Å². The van der Waals surface area contributed by atoms with Crippen LogP contribution in [0.25, 0.3) is 0 Å². The molecule has 5 N–H and O–H groups in total. The van der Waals surface area contributed by atoms with E-state index >= 15 is 0 Å². The lowest BCUT2D eigenvalue weighted by Crippen LogP contribution is -2.53. The Morgan fingerprint density at radius 3 is 0.968 bits per heavy atom. The fourth-order valence-electron chi connectivity index (χ4n) is 8.75. The van der Waals surface area contributed by atoms with Gasteiger partial charge in [0.05, 0.1) is 18.8 Å². The van der Waals surface area contributed by atoms with Crippen molar-refractivity contribution in [3.63, 3.8) is 0 Å². The molecule has 62 heavy (non-hydrogen) atoms. The molecule has 0 aliphatic rings. The summed E-state index contributed by atoms with van der Waals surface area (Å²) < 4.78 is 0. The number of hydrogen-bond donors (Lipinski definition) is 5. The second kappa shape index (κ2) is 50.8. The number of amides is 1. The number of aliphatic hydroxyl groups is 4. The summed E-state index contributed by atoms with van der Waals surface area (Å²) in [6, 6.07) is -1.00. The smallest absolute Gasteiger partial charge is 0.249 e. The first-order chi connectivity index (χ1) is 30.5. The van der Waals surface area contributed by atoms with Gasteiger partial charge in [0.25, 0.3) is 0 Å². The molecule has 6 heteroatoms. The van der Waals surface area contributed by atoms with Crippen LogP contribution in [0.5, 0.6) is 0 Å². The molecule has 0 spiro atoms. The zero-order valence-corrected chi connectivity index (χ0v) is 41.6. The van der Waals surface area contributed by atoms with Crippen LogP contribution in [0, 0.1) is 0 Å². The second-order valence-electron chi connectivity index (χ2n) is 19.3. The summed E-state index contributed by atoms with van der Waals surface area (Å²) in [5.74, 6) is -0.594. The molecule has 0 aliphatic carbocycles. The van der Waals surface area contributed by atoms with Crippen LogP contribution in [-0.2, 0) is 4.79 Å². The van der Waals surface area contributed by atoms with Crippen LogP contribution >= 0.6 is 0 Å². The maximum Gasteiger partial charge on any atom is 0.249 e. The van der Waals surface area contributed by atoms with Crippen molar-refractivity contribution in [2.24, 2.45) is 0 Å². The lowest BCUT2D eigenvalue weighted by Gasteiger charge is -2.27. The van der Waals surface area contributed by atoms with Crippen molar-refractivity contribution in [1.29, 1.82) is 0 Å². The van der Waals surface area contributed by atoms with Crippen molar-refractivity contribution in [1.82, 2.24) is 5.32 Å². The third kappa shape index (κ3) is 44.0. The Labute approximate surface area is 386 Å². The van der Waals surface area contributed by atoms with Gasteiger partial charge in [0.1, 0.15) is 12.2 Å². The van der Waals surface area contributed by atoms with Gasteiger partial charge in [-0.15, -0.1) is 0 Å². The highest BCUT2D eigenvalue weighted by molar-refractivity contribution is 5.80. The highest BCUT2D eigenvalue weighted by atomic mass is 16.3. The number of carbonyl (C=O) groups is 1. The molecule has 0 bridgehead atoms. The molecule has 0 rings (SSSR count). The van der Waals surface area contributed by atoms with Crippen molar-refractivity contribution in [2.45, 2.75) is 321 Å². The first-order valence-electron chi connectivity index (χ1n) is 27.7. The van der Waals surface area contributed by atoms with Gasteiger partial charge in [-0.25, -0.2) is 0 Å². The molecule has 368 valence electrons. The summed E-state index contributed by atoms with van der Waals surface area (Å²) in [6.45, 7) is 4.07. The average molecular weight is 876 g/mol. The molecule has 0 aliphatic heterocycles. The summed E-state index contributed by atoms with van der Waals surface area (Å²) in [6.07, 6.45) is 61.0. The van der Waals surface area contributed by atoms with Gasteiger partial charge < -0.3 is 25.7 Å². The van der Waals surface area contributed by atoms with Gasteiger partial charge in [0.2, 0.25) is 5.91 Å². The van der Waals surface area contributed by atoms with Gasteiger partial charge in [-0.05, 0) is 64.2 Å². The van der Waals surface area contributed by atoms with Gasteiger partial charge >= 0.3 is 0 Å². The monoisotopic (exact) mass is 876 g/mol. The van der Waals surface area contributed by atoms with Crippen molar-refractivity contribution in [2.75, 3.05) is 6.61 Å². The van der Waals surface area contributed by atoms with E-state index in [4.69, 9.17) is 0 Å². The van der Waals surface area contributed by atoms with Gasteiger partial charge in [0, 0.05) is 0 Å². The second-order valence-corrected chi connectivity index (χ2v) is 19.3. The van der Waals surface area contributed by atoms with E-state index in [0.717, 1.165) is 44.9 Å². The quantitative estimate of drug-likeness (QED) is 0.0309. The maximum atomic E-state index is 12.6. The van der Waals surface area contributed by atoms with Gasteiger partial charge in [0.15, 0.2) is 0 Å². The van der Waals surface area contributed by atoms with Crippen molar-refractivity contribution in [3.8, 4) is 0 Å². The Kier molecular flexibility index (Phi) is 49.8. The highest BCUT2D eigenvalue weighted by Crippen LogP contribution is 2.17. The molecule has 0 fully saturated rings. The third-order valence-electron chi connectivity index (χ3n) is 13.1. The number of carbonyl (C=O) groups excluding carboxylic acids is 1. The zero-order chi connectivity index (χ0) is 45.2. The summed E-state index contributed by atoms with van der Waals surface area (Å²) in [7, 11) is 0. The predicted molar refractivity (Wildman–Crippen MR) is 270 cm³/mol. The van der Waals surface area contributed by atoms with E-state index < -0.39 is 36.9 Å². The molecule has 4 unspecified atom stereocenters. The molecule has 0 radical (unpaired) electrons. The van der Waals surface area contributed by atoms with E-state index in [2.05, 4.69) is 43.5 Å². The fraction of sp³-hybridized carbons (Fsp3) is 0.911. The van der Waals surface area contributed by atoms with Crippen LogP contribution in [0.4, 0.5) is 0 Å². The maximum absolute atomic E-state index is 12.6. The number of hydrogen-bond acceptors (Lipinski definition) is 5. The number of nitrogens with one attached hydrogen (secondary N) is 1. The van der Waals surface area contributed by atoms with Crippen LogP contribution in [-0.4, -0.2) is 57.3 Å². The largest absolute Gasteiger partial charge is 0.394 e. The van der Waals surface area contributed by atoms with Crippen LogP contribution in [0.2, 0.25) is 0 Å². The van der Waals surface area contributed by atoms with Crippen LogP contribution in [0.3, 0.4) is 0 Å².